The van der Waals surface area contributed by atoms with Gasteiger partial charge < -0.3 is 15.4 Å². The summed E-state index contributed by atoms with van der Waals surface area (Å²) in [7, 11) is 0. The third kappa shape index (κ3) is 5.86. The fraction of sp³-hybridized carbons (Fsp3) is 0.167. The van der Waals surface area contributed by atoms with Crippen molar-refractivity contribution in [1.82, 2.24) is 5.32 Å². The van der Waals surface area contributed by atoms with E-state index in [1.165, 1.54) is 0 Å². The third-order valence-electron chi connectivity index (χ3n) is 3.14. The number of esters is 1. The molecule has 130 valence electrons. The molecule has 0 aliphatic heterocycles. The van der Waals surface area contributed by atoms with Crippen LogP contribution in [0, 0.1) is 3.57 Å². The Morgan fingerprint density at radius 1 is 1.04 bits per heavy atom. The predicted octanol–water partition coefficient (Wildman–Crippen LogP) is 2.84. The van der Waals surface area contributed by atoms with E-state index in [9.17, 15) is 14.4 Å². The first kappa shape index (κ1) is 18.9. The second-order valence-corrected chi connectivity index (χ2v) is 6.32. The maximum Gasteiger partial charge on any atom is 0.338 e. The molecule has 2 amide bonds. The van der Waals surface area contributed by atoms with Gasteiger partial charge in [-0.1, -0.05) is 12.1 Å². The van der Waals surface area contributed by atoms with Crippen molar-refractivity contribution < 1.29 is 19.1 Å². The van der Waals surface area contributed by atoms with Crippen molar-refractivity contribution in [3.8, 4) is 0 Å². The molecule has 0 spiro atoms. The molecule has 2 N–H and O–H groups in total. The van der Waals surface area contributed by atoms with E-state index in [0.29, 0.717) is 23.4 Å². The van der Waals surface area contributed by atoms with Gasteiger partial charge in [0.1, 0.15) is 0 Å². The number of hydrogen-bond acceptors (Lipinski definition) is 4. The maximum atomic E-state index is 11.9. The number of rotatable bonds is 6. The standard InChI is InChI=1S/C18H17IN2O4/c1-2-20-17(23)12-5-4-8-15(10-12)21-16(22)11-25-18(24)13-6-3-7-14(19)9-13/h3-10H,2,11H2,1H3,(H,20,23)(H,21,22). The minimum Gasteiger partial charge on any atom is -0.452 e. The number of anilines is 1. The summed E-state index contributed by atoms with van der Waals surface area (Å²) in [5.74, 6) is -1.26. The van der Waals surface area contributed by atoms with Gasteiger partial charge in [0.15, 0.2) is 6.61 Å². The quantitative estimate of drug-likeness (QED) is 0.522. The van der Waals surface area contributed by atoms with Gasteiger partial charge in [-0.2, -0.15) is 0 Å². The molecule has 2 aromatic rings. The van der Waals surface area contributed by atoms with Gasteiger partial charge in [0.05, 0.1) is 5.56 Å². The topological polar surface area (TPSA) is 84.5 Å². The van der Waals surface area contributed by atoms with Crippen LogP contribution in [0.4, 0.5) is 5.69 Å². The number of benzene rings is 2. The van der Waals surface area contributed by atoms with Crippen LogP contribution in [-0.2, 0) is 9.53 Å². The Labute approximate surface area is 159 Å². The predicted molar refractivity (Wildman–Crippen MR) is 103 cm³/mol. The molecule has 25 heavy (non-hydrogen) atoms. The van der Waals surface area contributed by atoms with E-state index < -0.39 is 18.5 Å². The Kier molecular flexibility index (Phi) is 6.93. The molecular formula is C18H17IN2O4. The van der Waals surface area contributed by atoms with Gasteiger partial charge in [-0.25, -0.2) is 4.79 Å². The van der Waals surface area contributed by atoms with Crippen LogP contribution in [0.25, 0.3) is 0 Å². The third-order valence-corrected chi connectivity index (χ3v) is 3.81. The lowest BCUT2D eigenvalue weighted by atomic mass is 10.2. The molecule has 0 heterocycles. The van der Waals surface area contributed by atoms with Crippen molar-refractivity contribution >= 4 is 46.1 Å². The van der Waals surface area contributed by atoms with Crippen molar-refractivity contribution in [2.75, 3.05) is 18.5 Å². The Morgan fingerprint density at radius 2 is 1.76 bits per heavy atom. The van der Waals surface area contributed by atoms with Gasteiger partial charge in [0.2, 0.25) is 0 Å². The fourth-order valence-electron chi connectivity index (χ4n) is 2.03. The average Bonchev–Trinajstić information content (AvgIpc) is 2.60. The molecule has 7 heteroatoms. The Morgan fingerprint density at radius 3 is 2.48 bits per heavy atom. The normalized spacial score (nSPS) is 10.0. The number of carbonyl (C=O) groups is 3. The van der Waals surface area contributed by atoms with Crippen molar-refractivity contribution in [1.29, 1.82) is 0 Å². The van der Waals surface area contributed by atoms with Crippen LogP contribution in [0.2, 0.25) is 0 Å². The second kappa shape index (κ2) is 9.16. The maximum absolute atomic E-state index is 11.9. The Balaban J connectivity index is 1.91. The van der Waals surface area contributed by atoms with E-state index in [4.69, 9.17) is 4.74 Å². The van der Waals surface area contributed by atoms with Crippen molar-refractivity contribution in [3.05, 3.63) is 63.2 Å². The van der Waals surface area contributed by atoms with Gasteiger partial charge in [-0.05, 0) is 65.9 Å². The van der Waals surface area contributed by atoms with Crippen LogP contribution < -0.4 is 10.6 Å². The smallest absolute Gasteiger partial charge is 0.338 e. The summed E-state index contributed by atoms with van der Waals surface area (Å²) >= 11 is 2.09. The first-order chi connectivity index (χ1) is 12.0. The van der Waals surface area contributed by atoms with Gasteiger partial charge >= 0.3 is 5.97 Å². The molecule has 0 aliphatic carbocycles. The van der Waals surface area contributed by atoms with Crippen LogP contribution in [-0.4, -0.2) is 30.9 Å². The Hall–Kier alpha value is -2.42. The molecular weight excluding hydrogens is 435 g/mol. The zero-order valence-corrected chi connectivity index (χ0v) is 15.7. The highest BCUT2D eigenvalue weighted by Gasteiger charge is 2.11. The highest BCUT2D eigenvalue weighted by atomic mass is 127. The zero-order valence-electron chi connectivity index (χ0n) is 13.5. The first-order valence-corrected chi connectivity index (χ1v) is 8.68. The van der Waals surface area contributed by atoms with Gasteiger partial charge in [-0.15, -0.1) is 0 Å². The number of nitrogens with one attached hydrogen (secondary N) is 2. The molecule has 0 atom stereocenters. The minimum atomic E-state index is -0.565. The van der Waals surface area contributed by atoms with Gasteiger partial charge in [-0.3, -0.25) is 9.59 Å². The number of carbonyl (C=O) groups excluding carboxylic acids is 3. The van der Waals surface area contributed by atoms with Crippen molar-refractivity contribution in [2.45, 2.75) is 6.92 Å². The number of hydrogen-bond donors (Lipinski definition) is 2. The molecule has 0 aliphatic rings. The summed E-state index contributed by atoms with van der Waals surface area (Å²) in [5, 5.41) is 5.28. The number of halogens is 1. The summed E-state index contributed by atoms with van der Waals surface area (Å²) in [5.41, 5.74) is 1.28. The lowest BCUT2D eigenvalue weighted by Gasteiger charge is -2.08. The highest BCUT2D eigenvalue weighted by Crippen LogP contribution is 2.11. The second-order valence-electron chi connectivity index (χ2n) is 5.07. The van der Waals surface area contributed by atoms with Crippen molar-refractivity contribution in [2.24, 2.45) is 0 Å². The molecule has 0 radical (unpaired) electrons. The van der Waals surface area contributed by atoms with Crippen LogP contribution in [0.5, 0.6) is 0 Å². The summed E-state index contributed by atoms with van der Waals surface area (Å²) in [6.45, 7) is 1.94. The Bertz CT molecular complexity index is 792. The lowest BCUT2D eigenvalue weighted by Crippen LogP contribution is -2.23. The van der Waals surface area contributed by atoms with E-state index in [1.807, 2.05) is 13.0 Å². The number of ether oxygens (including phenoxy) is 1. The molecule has 2 rings (SSSR count). The van der Waals surface area contributed by atoms with Crippen LogP contribution in [0.15, 0.2) is 48.5 Å². The SMILES string of the molecule is CCNC(=O)c1cccc(NC(=O)COC(=O)c2cccc(I)c2)c1. The summed E-state index contributed by atoms with van der Waals surface area (Å²) < 4.78 is 5.90. The fourth-order valence-corrected chi connectivity index (χ4v) is 2.57. The largest absolute Gasteiger partial charge is 0.452 e. The van der Waals surface area contributed by atoms with E-state index in [2.05, 4.69) is 33.2 Å². The molecule has 0 bridgehead atoms. The van der Waals surface area contributed by atoms with Crippen LogP contribution >= 0.6 is 22.6 Å². The number of amides is 2. The lowest BCUT2D eigenvalue weighted by molar-refractivity contribution is -0.119. The van der Waals surface area contributed by atoms with E-state index in [1.54, 1.807) is 42.5 Å². The molecule has 0 aromatic heterocycles. The van der Waals surface area contributed by atoms with E-state index in [-0.39, 0.29) is 5.91 Å². The van der Waals surface area contributed by atoms with Crippen LogP contribution in [0.1, 0.15) is 27.6 Å². The summed E-state index contributed by atoms with van der Waals surface area (Å²) in [6.07, 6.45) is 0. The van der Waals surface area contributed by atoms with E-state index >= 15 is 0 Å². The molecule has 0 unspecified atom stereocenters. The monoisotopic (exact) mass is 452 g/mol. The van der Waals surface area contributed by atoms with Crippen LogP contribution in [0.3, 0.4) is 0 Å². The summed E-state index contributed by atoms with van der Waals surface area (Å²) in [4.78, 5) is 35.6. The molecule has 0 saturated heterocycles. The molecule has 2 aromatic carbocycles. The van der Waals surface area contributed by atoms with Gasteiger partial charge in [0, 0.05) is 21.4 Å². The zero-order chi connectivity index (χ0) is 18.2. The summed E-state index contributed by atoms with van der Waals surface area (Å²) in [6, 6.07) is 13.4. The molecule has 0 fully saturated rings. The van der Waals surface area contributed by atoms with Gasteiger partial charge in [0.25, 0.3) is 11.8 Å². The highest BCUT2D eigenvalue weighted by molar-refractivity contribution is 14.1. The first-order valence-electron chi connectivity index (χ1n) is 7.60. The minimum absolute atomic E-state index is 0.219. The molecule has 0 saturated carbocycles. The van der Waals surface area contributed by atoms with Crippen molar-refractivity contribution in [3.63, 3.8) is 0 Å². The molecule has 6 nitrogen and oxygen atoms in total. The van der Waals surface area contributed by atoms with E-state index in [0.717, 1.165) is 3.57 Å². The average molecular weight is 452 g/mol.